The van der Waals surface area contributed by atoms with Crippen molar-refractivity contribution in [2.75, 3.05) is 6.61 Å². The first-order valence-electron chi connectivity index (χ1n) is 2.89. The third-order valence-corrected chi connectivity index (χ3v) is 2.70. The number of aliphatic hydroxyl groups is 2. The molecule has 4 atom stereocenters. The SMILES string of the molecule is O[C@@H]1[C@H](O)COC(F)[C@H]1I. The Kier molecular flexibility index (Phi) is 2.84. The van der Waals surface area contributed by atoms with E-state index in [4.69, 9.17) is 10.2 Å². The maximum atomic E-state index is 12.5. The minimum atomic E-state index is -1.46. The summed E-state index contributed by atoms with van der Waals surface area (Å²) in [5, 5.41) is 18.0. The van der Waals surface area contributed by atoms with Gasteiger partial charge in [0.1, 0.15) is 6.10 Å². The maximum absolute atomic E-state index is 12.5. The van der Waals surface area contributed by atoms with Gasteiger partial charge in [0.25, 0.3) is 0 Å². The number of halogens is 2. The Morgan fingerprint density at radius 1 is 1.50 bits per heavy atom. The summed E-state index contributed by atoms with van der Waals surface area (Å²) in [6.45, 7) is -0.123. The molecule has 0 aromatic heterocycles. The van der Waals surface area contributed by atoms with Crippen LogP contribution in [0, 0.1) is 0 Å². The van der Waals surface area contributed by atoms with Gasteiger partial charge in [-0.25, -0.2) is 4.39 Å². The molecule has 0 amide bonds. The molecule has 60 valence electrons. The molecule has 0 aromatic rings. The predicted octanol–water partition coefficient (Wildman–Crippen LogP) is -0.162. The molecule has 1 fully saturated rings. The average Bonchev–Trinajstić information content (AvgIpc) is 1.93. The number of aliphatic hydroxyl groups excluding tert-OH is 2. The standard InChI is InChI=1S/C5H8FIO3/c6-5-3(7)4(9)2(8)1-10-5/h2-5,8-9H,1H2/t2-,3+,4-,5?/m1/s1. The number of ether oxygens (including phenoxy) is 1. The molecule has 0 aromatic carbocycles. The highest BCUT2D eigenvalue weighted by molar-refractivity contribution is 14.1. The highest BCUT2D eigenvalue weighted by atomic mass is 127. The lowest BCUT2D eigenvalue weighted by Gasteiger charge is -2.30. The summed E-state index contributed by atoms with van der Waals surface area (Å²) in [5.74, 6) is 0. The fourth-order valence-electron chi connectivity index (χ4n) is 0.748. The largest absolute Gasteiger partial charge is 0.389 e. The van der Waals surface area contributed by atoms with E-state index in [1.54, 1.807) is 22.6 Å². The first kappa shape index (κ1) is 8.63. The molecule has 1 rings (SSSR count). The van der Waals surface area contributed by atoms with E-state index in [0.29, 0.717) is 0 Å². The van der Waals surface area contributed by atoms with Gasteiger partial charge in [0.05, 0.1) is 16.6 Å². The lowest BCUT2D eigenvalue weighted by molar-refractivity contribution is -0.152. The Balaban J connectivity index is 2.52. The van der Waals surface area contributed by atoms with Crippen LogP contribution in [-0.4, -0.2) is 39.3 Å². The molecule has 0 radical (unpaired) electrons. The Bertz CT molecular complexity index is 109. The summed E-state index contributed by atoms with van der Waals surface area (Å²) >= 11 is 1.71. The highest BCUT2D eigenvalue weighted by Crippen LogP contribution is 2.23. The lowest BCUT2D eigenvalue weighted by Crippen LogP contribution is -2.48. The van der Waals surface area contributed by atoms with Crippen molar-refractivity contribution < 1.29 is 19.3 Å². The first-order chi connectivity index (χ1) is 4.63. The minimum Gasteiger partial charge on any atom is -0.389 e. The van der Waals surface area contributed by atoms with Crippen molar-refractivity contribution in [2.24, 2.45) is 0 Å². The molecule has 0 spiro atoms. The molecule has 1 unspecified atom stereocenters. The normalized spacial score (nSPS) is 49.2. The van der Waals surface area contributed by atoms with E-state index in [1.807, 2.05) is 0 Å². The van der Waals surface area contributed by atoms with Gasteiger partial charge in [-0.05, 0) is 0 Å². The monoisotopic (exact) mass is 262 g/mol. The zero-order valence-electron chi connectivity index (χ0n) is 5.08. The highest BCUT2D eigenvalue weighted by Gasteiger charge is 2.36. The van der Waals surface area contributed by atoms with Gasteiger partial charge in [-0.3, -0.25) is 0 Å². The van der Waals surface area contributed by atoms with E-state index in [2.05, 4.69) is 4.74 Å². The number of alkyl halides is 2. The van der Waals surface area contributed by atoms with E-state index in [9.17, 15) is 4.39 Å². The van der Waals surface area contributed by atoms with Gasteiger partial charge in [0.15, 0.2) is 0 Å². The zero-order valence-corrected chi connectivity index (χ0v) is 7.23. The van der Waals surface area contributed by atoms with Gasteiger partial charge in [-0.1, -0.05) is 22.6 Å². The van der Waals surface area contributed by atoms with Gasteiger partial charge in [-0.15, -0.1) is 0 Å². The van der Waals surface area contributed by atoms with Crippen molar-refractivity contribution in [3.63, 3.8) is 0 Å². The van der Waals surface area contributed by atoms with Crippen molar-refractivity contribution in [1.82, 2.24) is 0 Å². The molecule has 1 aliphatic heterocycles. The summed E-state index contributed by atoms with van der Waals surface area (Å²) in [6, 6.07) is 0. The van der Waals surface area contributed by atoms with Gasteiger partial charge in [0.2, 0.25) is 6.36 Å². The summed E-state index contributed by atoms with van der Waals surface area (Å²) in [5.41, 5.74) is 0. The van der Waals surface area contributed by atoms with Crippen molar-refractivity contribution in [2.45, 2.75) is 22.5 Å². The summed E-state index contributed by atoms with van der Waals surface area (Å²) in [7, 11) is 0. The van der Waals surface area contributed by atoms with Crippen LogP contribution in [0.3, 0.4) is 0 Å². The molecule has 10 heavy (non-hydrogen) atoms. The topological polar surface area (TPSA) is 49.7 Å². The van der Waals surface area contributed by atoms with E-state index in [0.717, 1.165) is 0 Å². The molecule has 1 aliphatic rings. The van der Waals surface area contributed by atoms with Gasteiger partial charge < -0.3 is 14.9 Å². The van der Waals surface area contributed by atoms with E-state index < -0.39 is 22.5 Å². The second-order valence-electron chi connectivity index (χ2n) is 2.19. The molecule has 1 saturated heterocycles. The molecule has 5 heteroatoms. The Morgan fingerprint density at radius 2 is 2.10 bits per heavy atom. The Hall–Kier alpha value is 0.540. The lowest BCUT2D eigenvalue weighted by atomic mass is 10.1. The molecular formula is C5H8FIO3. The van der Waals surface area contributed by atoms with Crippen LogP contribution in [0.5, 0.6) is 0 Å². The number of rotatable bonds is 0. The minimum absolute atomic E-state index is 0.123. The second-order valence-corrected chi connectivity index (χ2v) is 3.63. The van der Waals surface area contributed by atoms with E-state index in [-0.39, 0.29) is 6.61 Å². The summed E-state index contributed by atoms with van der Waals surface area (Å²) in [4.78, 5) is 0. The van der Waals surface area contributed by atoms with Gasteiger partial charge in [-0.2, -0.15) is 0 Å². The van der Waals surface area contributed by atoms with E-state index >= 15 is 0 Å². The van der Waals surface area contributed by atoms with Crippen molar-refractivity contribution >= 4 is 22.6 Å². The fraction of sp³-hybridized carbons (Fsp3) is 1.00. The van der Waals surface area contributed by atoms with Crippen LogP contribution in [0.2, 0.25) is 0 Å². The Labute approximate surface area is 71.3 Å². The van der Waals surface area contributed by atoms with Gasteiger partial charge >= 0.3 is 0 Å². The van der Waals surface area contributed by atoms with Crippen molar-refractivity contribution in [3.05, 3.63) is 0 Å². The number of hydrogen-bond donors (Lipinski definition) is 2. The maximum Gasteiger partial charge on any atom is 0.213 e. The van der Waals surface area contributed by atoms with Crippen LogP contribution in [-0.2, 0) is 4.74 Å². The van der Waals surface area contributed by atoms with Crippen LogP contribution in [0.4, 0.5) is 4.39 Å². The summed E-state index contributed by atoms with van der Waals surface area (Å²) < 4.78 is 16.3. The number of hydrogen-bond acceptors (Lipinski definition) is 3. The quantitative estimate of drug-likeness (QED) is 0.471. The average molecular weight is 262 g/mol. The molecule has 0 saturated carbocycles. The zero-order chi connectivity index (χ0) is 7.72. The molecule has 0 bridgehead atoms. The van der Waals surface area contributed by atoms with Crippen molar-refractivity contribution in [3.8, 4) is 0 Å². The fourth-order valence-corrected chi connectivity index (χ4v) is 1.44. The molecule has 0 aliphatic carbocycles. The molecular weight excluding hydrogens is 254 g/mol. The van der Waals surface area contributed by atoms with E-state index in [1.165, 1.54) is 0 Å². The second kappa shape index (κ2) is 3.29. The van der Waals surface area contributed by atoms with Crippen LogP contribution in [0.25, 0.3) is 0 Å². The van der Waals surface area contributed by atoms with Crippen LogP contribution in [0.15, 0.2) is 0 Å². The third kappa shape index (κ3) is 1.58. The van der Waals surface area contributed by atoms with Crippen LogP contribution in [0.1, 0.15) is 0 Å². The predicted molar refractivity (Wildman–Crippen MR) is 40.7 cm³/mol. The van der Waals surface area contributed by atoms with Crippen LogP contribution < -0.4 is 0 Å². The third-order valence-electron chi connectivity index (χ3n) is 1.40. The molecule has 1 heterocycles. The summed E-state index contributed by atoms with van der Waals surface area (Å²) in [6.07, 6.45) is -3.42. The first-order valence-corrected chi connectivity index (χ1v) is 4.13. The van der Waals surface area contributed by atoms with Crippen molar-refractivity contribution in [1.29, 1.82) is 0 Å². The molecule has 2 N–H and O–H groups in total. The Morgan fingerprint density at radius 3 is 2.60 bits per heavy atom. The van der Waals surface area contributed by atoms with Crippen LogP contribution >= 0.6 is 22.6 Å². The van der Waals surface area contributed by atoms with Gasteiger partial charge in [0, 0.05) is 0 Å². The molecule has 3 nitrogen and oxygen atoms in total. The smallest absolute Gasteiger partial charge is 0.213 e.